The van der Waals surface area contributed by atoms with Crippen molar-refractivity contribution in [1.82, 2.24) is 4.98 Å². The minimum atomic E-state index is 0.305. The fourth-order valence-electron chi connectivity index (χ4n) is 3.23. The molecule has 0 aliphatic carbocycles. The standard InChI is InChI=1S/C22H19NO/c24-18-12-10-17(11-13-18)15-22-20(14-16-6-2-1-3-7-16)19-8-4-5-9-21(19)23-22/h1-13,23-24H,14-15H2. The highest BCUT2D eigenvalue weighted by Crippen LogP contribution is 2.27. The minimum Gasteiger partial charge on any atom is -0.508 e. The lowest BCUT2D eigenvalue weighted by Crippen LogP contribution is -1.95. The van der Waals surface area contributed by atoms with Crippen molar-refractivity contribution in [3.8, 4) is 5.75 Å². The van der Waals surface area contributed by atoms with Crippen LogP contribution in [-0.4, -0.2) is 10.1 Å². The van der Waals surface area contributed by atoms with Crippen molar-refractivity contribution < 1.29 is 5.11 Å². The van der Waals surface area contributed by atoms with Gasteiger partial charge >= 0.3 is 0 Å². The van der Waals surface area contributed by atoms with Gasteiger partial charge in [-0.05, 0) is 41.3 Å². The molecule has 3 aromatic carbocycles. The van der Waals surface area contributed by atoms with Gasteiger partial charge in [-0.1, -0.05) is 60.7 Å². The first-order valence-electron chi connectivity index (χ1n) is 8.20. The first kappa shape index (κ1) is 14.6. The van der Waals surface area contributed by atoms with Gasteiger partial charge in [-0.15, -0.1) is 0 Å². The van der Waals surface area contributed by atoms with E-state index >= 15 is 0 Å². The fourth-order valence-corrected chi connectivity index (χ4v) is 3.23. The molecule has 1 aromatic heterocycles. The molecule has 0 saturated carbocycles. The molecule has 0 unspecified atom stereocenters. The second-order valence-electron chi connectivity index (χ2n) is 6.13. The molecule has 0 spiro atoms. The number of hydrogen-bond donors (Lipinski definition) is 2. The quantitative estimate of drug-likeness (QED) is 0.543. The van der Waals surface area contributed by atoms with Crippen LogP contribution in [0.3, 0.4) is 0 Å². The lowest BCUT2D eigenvalue weighted by Gasteiger charge is -2.06. The minimum absolute atomic E-state index is 0.305. The Morgan fingerprint density at radius 1 is 0.667 bits per heavy atom. The number of hydrogen-bond acceptors (Lipinski definition) is 1. The summed E-state index contributed by atoms with van der Waals surface area (Å²) in [6.07, 6.45) is 1.75. The lowest BCUT2D eigenvalue weighted by molar-refractivity contribution is 0.475. The van der Waals surface area contributed by atoms with E-state index in [1.54, 1.807) is 12.1 Å². The number of para-hydroxylation sites is 1. The molecular formula is C22H19NO. The molecule has 0 amide bonds. The van der Waals surface area contributed by atoms with Gasteiger partial charge in [0.2, 0.25) is 0 Å². The Kier molecular flexibility index (Phi) is 3.80. The maximum atomic E-state index is 9.48. The zero-order chi connectivity index (χ0) is 16.4. The van der Waals surface area contributed by atoms with Gasteiger partial charge in [0, 0.05) is 23.0 Å². The Labute approximate surface area is 141 Å². The van der Waals surface area contributed by atoms with E-state index in [1.807, 2.05) is 12.1 Å². The van der Waals surface area contributed by atoms with Crippen molar-refractivity contribution in [3.05, 3.63) is 101 Å². The molecule has 2 nitrogen and oxygen atoms in total. The molecule has 2 N–H and O–H groups in total. The third kappa shape index (κ3) is 2.91. The van der Waals surface area contributed by atoms with Crippen LogP contribution in [0.5, 0.6) is 5.75 Å². The molecule has 24 heavy (non-hydrogen) atoms. The number of aromatic nitrogens is 1. The van der Waals surface area contributed by atoms with Crippen LogP contribution < -0.4 is 0 Å². The summed E-state index contributed by atoms with van der Waals surface area (Å²) in [5.74, 6) is 0.305. The summed E-state index contributed by atoms with van der Waals surface area (Å²) in [4.78, 5) is 3.59. The molecule has 0 aliphatic rings. The zero-order valence-corrected chi connectivity index (χ0v) is 13.4. The normalized spacial score (nSPS) is 11.0. The molecule has 118 valence electrons. The number of aromatic hydroxyl groups is 1. The van der Waals surface area contributed by atoms with Crippen molar-refractivity contribution in [2.45, 2.75) is 12.8 Å². The first-order valence-corrected chi connectivity index (χ1v) is 8.20. The summed E-state index contributed by atoms with van der Waals surface area (Å²) < 4.78 is 0. The molecular weight excluding hydrogens is 294 g/mol. The molecule has 4 rings (SSSR count). The third-order valence-electron chi connectivity index (χ3n) is 4.44. The van der Waals surface area contributed by atoms with Crippen LogP contribution in [-0.2, 0) is 12.8 Å². The van der Waals surface area contributed by atoms with E-state index in [0.717, 1.165) is 12.8 Å². The molecule has 0 fully saturated rings. The predicted octanol–water partition coefficient (Wildman–Crippen LogP) is 5.06. The van der Waals surface area contributed by atoms with Crippen LogP contribution in [0.15, 0.2) is 78.9 Å². The number of H-pyrrole nitrogens is 1. The van der Waals surface area contributed by atoms with Crippen molar-refractivity contribution in [2.75, 3.05) is 0 Å². The van der Waals surface area contributed by atoms with Crippen LogP contribution in [0, 0.1) is 0 Å². The van der Waals surface area contributed by atoms with Gasteiger partial charge in [-0.3, -0.25) is 0 Å². The third-order valence-corrected chi connectivity index (χ3v) is 4.44. The van der Waals surface area contributed by atoms with Gasteiger partial charge in [0.1, 0.15) is 5.75 Å². The first-order chi connectivity index (χ1) is 11.8. The van der Waals surface area contributed by atoms with Crippen molar-refractivity contribution in [2.24, 2.45) is 0 Å². The van der Waals surface area contributed by atoms with Gasteiger partial charge in [0.25, 0.3) is 0 Å². The molecule has 0 atom stereocenters. The summed E-state index contributed by atoms with van der Waals surface area (Å²) in [5.41, 5.74) is 6.27. The smallest absolute Gasteiger partial charge is 0.115 e. The molecule has 0 bridgehead atoms. The highest BCUT2D eigenvalue weighted by molar-refractivity contribution is 5.85. The highest BCUT2D eigenvalue weighted by Gasteiger charge is 2.12. The Hall–Kier alpha value is -3.00. The van der Waals surface area contributed by atoms with E-state index in [0.29, 0.717) is 5.75 Å². The molecule has 2 heteroatoms. The highest BCUT2D eigenvalue weighted by atomic mass is 16.3. The largest absolute Gasteiger partial charge is 0.508 e. The average Bonchev–Trinajstić information content (AvgIpc) is 2.95. The topological polar surface area (TPSA) is 36.0 Å². The van der Waals surface area contributed by atoms with E-state index in [2.05, 4.69) is 59.6 Å². The number of phenols is 1. The molecule has 0 aliphatic heterocycles. The summed E-state index contributed by atoms with van der Waals surface area (Å²) in [5, 5.41) is 10.8. The Morgan fingerprint density at radius 3 is 2.12 bits per heavy atom. The van der Waals surface area contributed by atoms with Gasteiger partial charge in [0.05, 0.1) is 0 Å². The van der Waals surface area contributed by atoms with Crippen LogP contribution >= 0.6 is 0 Å². The van der Waals surface area contributed by atoms with E-state index < -0.39 is 0 Å². The van der Waals surface area contributed by atoms with Crippen LogP contribution in [0.4, 0.5) is 0 Å². The fraction of sp³-hybridized carbons (Fsp3) is 0.0909. The van der Waals surface area contributed by atoms with Gasteiger partial charge in [0.15, 0.2) is 0 Å². The van der Waals surface area contributed by atoms with Crippen molar-refractivity contribution >= 4 is 10.9 Å². The van der Waals surface area contributed by atoms with E-state index in [1.165, 1.54) is 33.3 Å². The van der Waals surface area contributed by atoms with E-state index in [9.17, 15) is 5.11 Å². The molecule has 1 heterocycles. The number of benzene rings is 3. The number of aromatic amines is 1. The summed E-state index contributed by atoms with van der Waals surface area (Å²) in [6, 6.07) is 26.5. The summed E-state index contributed by atoms with van der Waals surface area (Å²) in [6.45, 7) is 0. The number of nitrogens with one attached hydrogen (secondary N) is 1. The van der Waals surface area contributed by atoms with E-state index in [-0.39, 0.29) is 0 Å². The van der Waals surface area contributed by atoms with Gasteiger partial charge in [-0.2, -0.15) is 0 Å². The Morgan fingerprint density at radius 2 is 1.33 bits per heavy atom. The molecule has 0 saturated heterocycles. The summed E-state index contributed by atoms with van der Waals surface area (Å²) >= 11 is 0. The lowest BCUT2D eigenvalue weighted by atomic mass is 9.98. The molecule has 0 radical (unpaired) electrons. The van der Waals surface area contributed by atoms with Crippen LogP contribution in [0.25, 0.3) is 10.9 Å². The zero-order valence-electron chi connectivity index (χ0n) is 13.4. The molecule has 4 aromatic rings. The maximum Gasteiger partial charge on any atom is 0.115 e. The second-order valence-corrected chi connectivity index (χ2v) is 6.13. The van der Waals surface area contributed by atoms with Crippen LogP contribution in [0.1, 0.15) is 22.4 Å². The monoisotopic (exact) mass is 313 g/mol. The van der Waals surface area contributed by atoms with Gasteiger partial charge < -0.3 is 10.1 Å². The summed E-state index contributed by atoms with van der Waals surface area (Å²) in [7, 11) is 0. The van der Waals surface area contributed by atoms with E-state index in [4.69, 9.17) is 0 Å². The average molecular weight is 313 g/mol. The van der Waals surface area contributed by atoms with Crippen LogP contribution in [0.2, 0.25) is 0 Å². The second kappa shape index (κ2) is 6.25. The Balaban J connectivity index is 1.76. The SMILES string of the molecule is Oc1ccc(Cc2[nH]c3ccccc3c2Cc2ccccc2)cc1. The maximum absolute atomic E-state index is 9.48. The van der Waals surface area contributed by atoms with Crippen molar-refractivity contribution in [1.29, 1.82) is 0 Å². The number of phenolic OH excluding ortho intramolecular Hbond substituents is 1. The van der Waals surface area contributed by atoms with Crippen molar-refractivity contribution in [3.63, 3.8) is 0 Å². The number of fused-ring (bicyclic) bond motifs is 1. The number of rotatable bonds is 4. The van der Waals surface area contributed by atoms with Gasteiger partial charge in [-0.25, -0.2) is 0 Å². The predicted molar refractivity (Wildman–Crippen MR) is 98.5 cm³/mol. The Bertz CT molecular complexity index is 952.